The van der Waals surface area contributed by atoms with E-state index in [9.17, 15) is 14.4 Å². The Labute approximate surface area is 307 Å². The summed E-state index contributed by atoms with van der Waals surface area (Å²) in [5.41, 5.74) is 2.03. The molecule has 0 heterocycles. The summed E-state index contributed by atoms with van der Waals surface area (Å²) in [6, 6.07) is 0. The second-order valence-electron chi connectivity index (χ2n) is 14.6. The van der Waals surface area contributed by atoms with Crippen LogP contribution >= 0.6 is 0 Å². The van der Waals surface area contributed by atoms with Crippen LogP contribution in [-0.2, 0) is 19.1 Å². The maximum atomic E-state index is 12.8. The molecule has 0 aromatic heterocycles. The number of esters is 1. The largest absolute Gasteiger partial charge is 0.481 e. The van der Waals surface area contributed by atoms with E-state index in [4.69, 9.17) is 9.84 Å². The van der Waals surface area contributed by atoms with Crippen molar-refractivity contribution >= 4 is 17.7 Å². The van der Waals surface area contributed by atoms with Crippen molar-refractivity contribution in [2.45, 2.75) is 193 Å². The van der Waals surface area contributed by atoms with Gasteiger partial charge in [-0.3, -0.25) is 14.4 Å². The van der Waals surface area contributed by atoms with Crippen molar-refractivity contribution in [1.29, 1.82) is 0 Å². The quantitative estimate of drug-likeness (QED) is 0.0333. The van der Waals surface area contributed by atoms with Crippen molar-refractivity contribution in [1.82, 2.24) is 15.5 Å². The number of rotatable bonds is 37. The Morgan fingerprint density at radius 1 is 0.660 bits per heavy atom. The summed E-state index contributed by atoms with van der Waals surface area (Å²) in [7, 11) is 1.81. The molecule has 0 fully saturated rings. The number of ether oxygens (including phenoxy) is 1. The zero-order chi connectivity index (χ0) is 36.7. The normalized spacial score (nSPS) is 13.0. The van der Waals surface area contributed by atoms with Crippen LogP contribution in [0.3, 0.4) is 0 Å². The Morgan fingerprint density at radius 3 is 1.64 bits per heavy atom. The van der Waals surface area contributed by atoms with E-state index in [1.807, 2.05) is 7.05 Å². The summed E-state index contributed by atoms with van der Waals surface area (Å²) in [6.45, 7) is 12.2. The van der Waals surface area contributed by atoms with E-state index in [0.717, 1.165) is 115 Å². The van der Waals surface area contributed by atoms with Gasteiger partial charge in [0.1, 0.15) is 11.8 Å². The Hall–Kier alpha value is -2.35. The first-order valence-electron chi connectivity index (χ1n) is 20.9. The van der Waals surface area contributed by atoms with Gasteiger partial charge < -0.3 is 25.4 Å². The molecule has 0 saturated carbocycles. The van der Waals surface area contributed by atoms with Crippen LogP contribution in [0.25, 0.3) is 0 Å². The zero-order valence-corrected chi connectivity index (χ0v) is 32.7. The van der Waals surface area contributed by atoms with Gasteiger partial charge in [0.05, 0.1) is 5.70 Å². The predicted molar refractivity (Wildman–Crippen MR) is 208 cm³/mol. The van der Waals surface area contributed by atoms with Gasteiger partial charge in [0.25, 0.3) is 0 Å². The Balaban J connectivity index is 2.35. The number of carboxylic acids is 1. The maximum Gasteiger partial charge on any atom is 0.306 e. The van der Waals surface area contributed by atoms with Crippen molar-refractivity contribution < 1.29 is 24.2 Å². The minimum atomic E-state index is -0.707. The van der Waals surface area contributed by atoms with Gasteiger partial charge in [0.2, 0.25) is 5.78 Å². The number of hydrogen-bond acceptors (Lipinski definition) is 7. The number of unbranched alkanes of at least 4 members (excludes halogenated alkanes) is 18. The number of nitrogens with zero attached hydrogens (tertiary/aromatic N) is 1. The zero-order valence-electron chi connectivity index (χ0n) is 32.7. The molecule has 290 valence electrons. The first-order valence-corrected chi connectivity index (χ1v) is 20.9. The number of ketones is 1. The molecule has 8 heteroatoms. The average molecular weight is 704 g/mol. The van der Waals surface area contributed by atoms with E-state index < -0.39 is 5.97 Å². The lowest BCUT2D eigenvalue weighted by atomic mass is 9.93. The number of hydrogen-bond donors (Lipinski definition) is 3. The molecular weight excluding hydrogens is 626 g/mol. The van der Waals surface area contributed by atoms with Gasteiger partial charge >= 0.3 is 11.9 Å². The van der Waals surface area contributed by atoms with Crippen LogP contribution in [0.2, 0.25) is 0 Å². The van der Waals surface area contributed by atoms with E-state index in [-0.39, 0.29) is 24.3 Å². The lowest BCUT2D eigenvalue weighted by molar-refractivity contribution is -0.150. The molecular formula is C42H77N3O5. The number of nitrogens with one attached hydrogen (secondary N) is 2. The summed E-state index contributed by atoms with van der Waals surface area (Å²) in [5.74, 6) is -0.703. The van der Waals surface area contributed by atoms with Crippen molar-refractivity contribution in [2.75, 3.05) is 33.2 Å². The number of carboxylic acid groups (broad SMARTS) is 1. The summed E-state index contributed by atoms with van der Waals surface area (Å²) < 4.78 is 6.03. The molecule has 0 unspecified atom stereocenters. The number of carbonyl (C=O) groups is 3. The molecule has 50 heavy (non-hydrogen) atoms. The van der Waals surface area contributed by atoms with Crippen LogP contribution in [0.5, 0.6) is 0 Å². The molecule has 3 N–H and O–H groups in total. The molecule has 0 atom stereocenters. The number of aliphatic carboxylic acids is 1. The number of likely N-dealkylation sites (N-methyl/N-ethyl adjacent to an activating group) is 1. The number of Topliss-reactive ketones (excluding diaryl/α,β-unsaturated/α-hetero) is 1. The fourth-order valence-electron chi connectivity index (χ4n) is 6.85. The molecule has 8 nitrogen and oxygen atoms in total. The van der Waals surface area contributed by atoms with Crippen molar-refractivity contribution in [3.63, 3.8) is 0 Å². The fraction of sp³-hybridized carbons (Fsp3) is 0.833. The van der Waals surface area contributed by atoms with E-state index >= 15 is 0 Å². The molecule has 0 radical (unpaired) electrons. The molecule has 0 aromatic rings. The van der Waals surface area contributed by atoms with Gasteiger partial charge in [0.15, 0.2) is 0 Å². The summed E-state index contributed by atoms with van der Waals surface area (Å²) in [4.78, 5) is 38.2. The van der Waals surface area contributed by atoms with E-state index in [2.05, 4.69) is 36.0 Å². The third-order valence-electron chi connectivity index (χ3n) is 10.0. The summed E-state index contributed by atoms with van der Waals surface area (Å²) in [6.07, 6.45) is 29.6. The van der Waals surface area contributed by atoms with Gasteiger partial charge in [-0.05, 0) is 77.4 Å². The Kier molecular flexibility index (Phi) is 28.7. The third-order valence-corrected chi connectivity index (χ3v) is 10.0. The van der Waals surface area contributed by atoms with Crippen molar-refractivity contribution in [2.24, 2.45) is 0 Å². The molecule has 0 aromatic carbocycles. The molecule has 1 aliphatic rings. The lowest BCUT2D eigenvalue weighted by Crippen LogP contribution is -2.38. The molecule has 0 bridgehead atoms. The Morgan fingerprint density at radius 2 is 1.12 bits per heavy atom. The van der Waals surface area contributed by atoms with Gasteiger partial charge in [-0.2, -0.15) is 0 Å². The highest BCUT2D eigenvalue weighted by atomic mass is 16.5. The van der Waals surface area contributed by atoms with Crippen molar-refractivity contribution in [3.8, 4) is 0 Å². The van der Waals surface area contributed by atoms with Crippen LogP contribution in [0.1, 0.15) is 187 Å². The number of allylic oxidation sites excluding steroid dienone is 2. The molecule has 0 spiro atoms. The monoisotopic (exact) mass is 704 g/mol. The average Bonchev–Trinajstić information content (AvgIpc) is 3.10. The first-order chi connectivity index (χ1) is 24.3. The maximum absolute atomic E-state index is 12.8. The van der Waals surface area contributed by atoms with Crippen LogP contribution in [0, 0.1) is 0 Å². The van der Waals surface area contributed by atoms with Gasteiger partial charge in [-0.1, -0.05) is 123 Å². The molecule has 1 aliphatic carbocycles. The van der Waals surface area contributed by atoms with Gasteiger partial charge in [-0.15, -0.1) is 0 Å². The molecule has 1 rings (SSSR count). The van der Waals surface area contributed by atoms with Gasteiger partial charge in [-0.25, -0.2) is 0 Å². The number of carbonyl (C=O) groups excluding carboxylic acids is 2. The highest BCUT2D eigenvalue weighted by Crippen LogP contribution is 2.24. The van der Waals surface area contributed by atoms with Gasteiger partial charge in [0, 0.05) is 32.0 Å². The fourth-order valence-corrected chi connectivity index (χ4v) is 6.85. The second kappa shape index (κ2) is 31.4. The Bertz CT molecular complexity index is 934. The topological polar surface area (TPSA) is 108 Å². The SMILES string of the molecule is C=C1C(=O)C(NCCCN(CCCCCCCC(=O)O)CCCCCCCC(=O)OC(CCCCCCCC)CCCCCCCC)=C1NC. The van der Waals surface area contributed by atoms with Crippen LogP contribution in [0.4, 0.5) is 0 Å². The van der Waals surface area contributed by atoms with Crippen LogP contribution < -0.4 is 10.6 Å². The van der Waals surface area contributed by atoms with E-state index in [1.165, 1.54) is 77.0 Å². The summed E-state index contributed by atoms with van der Waals surface area (Å²) in [5, 5.41) is 15.2. The highest BCUT2D eigenvalue weighted by molar-refractivity contribution is 6.18. The minimum absolute atomic E-state index is 0.000211. The predicted octanol–water partition coefficient (Wildman–Crippen LogP) is 10.0. The van der Waals surface area contributed by atoms with E-state index in [1.54, 1.807) is 0 Å². The minimum Gasteiger partial charge on any atom is -0.481 e. The van der Waals surface area contributed by atoms with Crippen LogP contribution in [-0.4, -0.2) is 67.1 Å². The lowest BCUT2D eigenvalue weighted by Gasteiger charge is -2.26. The standard InChI is InChI=1S/C42H77N3O5/c1-5-7-9-11-15-21-28-37(29-22-16-12-10-8-6-2)50-39(48)31-24-18-14-20-26-34-45(33-25-19-13-17-23-30-38(46)47)35-27-32-44-41-40(43-4)36(3)42(41)49/h37,43-44H,3,5-35H2,1-2,4H3,(H,46,47). The molecule has 0 aliphatic heterocycles. The van der Waals surface area contributed by atoms with E-state index in [0.29, 0.717) is 17.7 Å². The summed E-state index contributed by atoms with van der Waals surface area (Å²) >= 11 is 0. The third kappa shape index (κ3) is 23.2. The second-order valence-corrected chi connectivity index (χ2v) is 14.6. The van der Waals surface area contributed by atoms with Crippen LogP contribution in [0.15, 0.2) is 23.5 Å². The molecule has 0 amide bonds. The van der Waals surface area contributed by atoms with Crippen molar-refractivity contribution in [3.05, 3.63) is 23.5 Å². The first kappa shape index (κ1) is 45.7. The highest BCUT2D eigenvalue weighted by Gasteiger charge is 2.30. The smallest absolute Gasteiger partial charge is 0.306 e. The molecule has 0 saturated heterocycles.